The largest absolute Gasteiger partial charge is 0.399 e. The van der Waals surface area contributed by atoms with Crippen molar-refractivity contribution in [3.63, 3.8) is 0 Å². The normalized spacial score (nSPS) is 12.3. The Morgan fingerprint density at radius 1 is 1.19 bits per heavy atom. The molecule has 2 aromatic rings. The van der Waals surface area contributed by atoms with Crippen LogP contribution < -0.4 is 5.73 Å². The van der Waals surface area contributed by atoms with Gasteiger partial charge in [-0.1, -0.05) is 18.2 Å². The van der Waals surface area contributed by atoms with Crippen LogP contribution in [0.1, 0.15) is 17.4 Å². The van der Waals surface area contributed by atoms with E-state index < -0.39 is 6.10 Å². The Kier molecular flexibility index (Phi) is 3.17. The Morgan fingerprint density at radius 2 is 2.06 bits per heavy atom. The Hall–Kier alpha value is -1.87. The molecule has 2 rings (SSSR count). The second kappa shape index (κ2) is 4.77. The van der Waals surface area contributed by atoms with E-state index in [2.05, 4.69) is 4.98 Å². The van der Waals surface area contributed by atoms with Crippen molar-refractivity contribution in [3.05, 3.63) is 59.9 Å². The molecule has 0 bridgehead atoms. The number of aliphatic hydroxyl groups is 1. The maximum atomic E-state index is 10.0. The summed E-state index contributed by atoms with van der Waals surface area (Å²) in [6, 6.07) is 13.0. The van der Waals surface area contributed by atoms with E-state index in [1.165, 1.54) is 0 Å². The molecule has 0 saturated carbocycles. The molecular weight excluding hydrogens is 200 g/mol. The lowest BCUT2D eigenvalue weighted by molar-refractivity contribution is 0.177. The van der Waals surface area contributed by atoms with Crippen LogP contribution in [0.25, 0.3) is 0 Å². The minimum atomic E-state index is -0.557. The fraction of sp³-hybridized carbons (Fsp3) is 0.154. The zero-order valence-electron chi connectivity index (χ0n) is 8.88. The first-order valence-electron chi connectivity index (χ1n) is 5.19. The lowest BCUT2D eigenvalue weighted by atomic mass is 10.0. The van der Waals surface area contributed by atoms with Gasteiger partial charge in [-0.3, -0.25) is 4.98 Å². The van der Waals surface area contributed by atoms with Gasteiger partial charge in [-0.05, 0) is 29.8 Å². The fourth-order valence-corrected chi connectivity index (χ4v) is 1.60. The molecule has 3 heteroatoms. The van der Waals surface area contributed by atoms with Gasteiger partial charge in [0.1, 0.15) is 0 Å². The Labute approximate surface area is 94.6 Å². The van der Waals surface area contributed by atoms with Crippen LogP contribution in [-0.2, 0) is 6.42 Å². The summed E-state index contributed by atoms with van der Waals surface area (Å²) in [4.78, 5) is 4.18. The number of aromatic nitrogens is 1. The number of pyridine rings is 1. The van der Waals surface area contributed by atoms with E-state index in [0.717, 1.165) is 11.3 Å². The first-order chi connectivity index (χ1) is 7.75. The average Bonchev–Trinajstić information content (AvgIpc) is 2.30. The molecule has 82 valence electrons. The molecule has 0 aliphatic carbocycles. The van der Waals surface area contributed by atoms with Crippen LogP contribution in [0.4, 0.5) is 5.69 Å². The van der Waals surface area contributed by atoms with Crippen LogP contribution in [0.15, 0.2) is 48.7 Å². The maximum Gasteiger partial charge on any atom is 0.0846 e. The van der Waals surface area contributed by atoms with E-state index in [1.807, 2.05) is 30.3 Å². The van der Waals surface area contributed by atoms with Crippen molar-refractivity contribution in [3.8, 4) is 0 Å². The van der Waals surface area contributed by atoms with Gasteiger partial charge in [-0.15, -0.1) is 0 Å². The zero-order valence-corrected chi connectivity index (χ0v) is 8.88. The topological polar surface area (TPSA) is 59.1 Å². The average molecular weight is 214 g/mol. The van der Waals surface area contributed by atoms with Crippen LogP contribution in [0.5, 0.6) is 0 Å². The molecule has 1 unspecified atom stereocenters. The predicted molar refractivity (Wildman–Crippen MR) is 63.8 cm³/mol. The SMILES string of the molecule is Nc1cccc(C(O)Cc2ccccn2)c1. The summed E-state index contributed by atoms with van der Waals surface area (Å²) < 4.78 is 0. The molecule has 0 fully saturated rings. The molecule has 1 heterocycles. The summed E-state index contributed by atoms with van der Waals surface area (Å²) in [6.45, 7) is 0. The number of benzene rings is 1. The van der Waals surface area contributed by atoms with Crippen LogP contribution in [0.3, 0.4) is 0 Å². The molecule has 1 aromatic carbocycles. The van der Waals surface area contributed by atoms with Crippen LogP contribution >= 0.6 is 0 Å². The van der Waals surface area contributed by atoms with E-state index in [0.29, 0.717) is 12.1 Å². The zero-order chi connectivity index (χ0) is 11.4. The summed E-state index contributed by atoms with van der Waals surface area (Å²) >= 11 is 0. The van der Waals surface area contributed by atoms with Crippen molar-refractivity contribution >= 4 is 5.69 Å². The van der Waals surface area contributed by atoms with Crippen molar-refractivity contribution in [1.82, 2.24) is 4.98 Å². The van der Waals surface area contributed by atoms with Crippen molar-refractivity contribution in [1.29, 1.82) is 0 Å². The third-order valence-electron chi connectivity index (χ3n) is 2.42. The second-order valence-corrected chi connectivity index (χ2v) is 3.71. The Morgan fingerprint density at radius 3 is 2.75 bits per heavy atom. The number of nitrogen functional groups attached to an aromatic ring is 1. The monoisotopic (exact) mass is 214 g/mol. The maximum absolute atomic E-state index is 10.0. The molecule has 3 nitrogen and oxygen atoms in total. The molecular formula is C13H14N2O. The van der Waals surface area contributed by atoms with Gasteiger partial charge in [0.2, 0.25) is 0 Å². The first kappa shape index (κ1) is 10.6. The highest BCUT2D eigenvalue weighted by molar-refractivity contribution is 5.41. The molecule has 0 aliphatic rings. The van der Waals surface area contributed by atoms with E-state index in [9.17, 15) is 5.11 Å². The number of nitrogens with zero attached hydrogens (tertiary/aromatic N) is 1. The summed E-state index contributed by atoms with van der Waals surface area (Å²) in [5.41, 5.74) is 8.02. The van der Waals surface area contributed by atoms with E-state index >= 15 is 0 Å². The van der Waals surface area contributed by atoms with Crippen LogP contribution in [0, 0.1) is 0 Å². The molecule has 1 atom stereocenters. The Bertz CT molecular complexity index is 456. The van der Waals surface area contributed by atoms with Crippen LogP contribution in [0.2, 0.25) is 0 Å². The van der Waals surface area contributed by atoms with Gasteiger partial charge in [0, 0.05) is 24.0 Å². The van der Waals surface area contributed by atoms with E-state index in [-0.39, 0.29) is 0 Å². The molecule has 0 amide bonds. The number of rotatable bonds is 3. The fourth-order valence-electron chi connectivity index (χ4n) is 1.60. The molecule has 16 heavy (non-hydrogen) atoms. The number of anilines is 1. The van der Waals surface area contributed by atoms with Crippen molar-refractivity contribution < 1.29 is 5.11 Å². The highest BCUT2D eigenvalue weighted by atomic mass is 16.3. The Balaban J connectivity index is 2.12. The van der Waals surface area contributed by atoms with Gasteiger partial charge >= 0.3 is 0 Å². The van der Waals surface area contributed by atoms with E-state index in [4.69, 9.17) is 5.73 Å². The second-order valence-electron chi connectivity index (χ2n) is 3.71. The number of hydrogen-bond acceptors (Lipinski definition) is 3. The molecule has 0 saturated heterocycles. The molecule has 0 aliphatic heterocycles. The third-order valence-corrected chi connectivity index (χ3v) is 2.42. The molecule has 0 spiro atoms. The van der Waals surface area contributed by atoms with Gasteiger partial charge in [0.15, 0.2) is 0 Å². The van der Waals surface area contributed by atoms with Gasteiger partial charge in [-0.2, -0.15) is 0 Å². The van der Waals surface area contributed by atoms with Crippen molar-refractivity contribution in [2.24, 2.45) is 0 Å². The van der Waals surface area contributed by atoms with Gasteiger partial charge in [0.25, 0.3) is 0 Å². The summed E-state index contributed by atoms with van der Waals surface area (Å²) in [5.74, 6) is 0. The predicted octanol–water partition coefficient (Wildman–Crippen LogP) is 1.94. The highest BCUT2D eigenvalue weighted by Crippen LogP contribution is 2.18. The number of hydrogen-bond donors (Lipinski definition) is 2. The van der Waals surface area contributed by atoms with E-state index in [1.54, 1.807) is 18.3 Å². The summed E-state index contributed by atoms with van der Waals surface area (Å²) in [5, 5.41) is 10.0. The van der Waals surface area contributed by atoms with Gasteiger partial charge < -0.3 is 10.8 Å². The standard InChI is InChI=1S/C13H14N2O/c14-11-5-3-4-10(8-11)13(16)9-12-6-1-2-7-15-12/h1-8,13,16H,9,14H2. The van der Waals surface area contributed by atoms with Crippen molar-refractivity contribution in [2.75, 3.05) is 5.73 Å². The highest BCUT2D eigenvalue weighted by Gasteiger charge is 2.08. The lowest BCUT2D eigenvalue weighted by Gasteiger charge is -2.10. The first-order valence-corrected chi connectivity index (χ1v) is 5.19. The minimum Gasteiger partial charge on any atom is -0.399 e. The minimum absolute atomic E-state index is 0.504. The van der Waals surface area contributed by atoms with Gasteiger partial charge in [0.05, 0.1) is 6.10 Å². The molecule has 3 N–H and O–H groups in total. The third kappa shape index (κ3) is 2.58. The van der Waals surface area contributed by atoms with Crippen molar-refractivity contribution in [2.45, 2.75) is 12.5 Å². The lowest BCUT2D eigenvalue weighted by Crippen LogP contribution is -2.03. The quantitative estimate of drug-likeness (QED) is 0.768. The summed E-state index contributed by atoms with van der Waals surface area (Å²) in [6.07, 6.45) is 1.67. The number of aliphatic hydroxyl groups excluding tert-OH is 1. The number of nitrogens with two attached hydrogens (primary N) is 1. The molecule has 1 aromatic heterocycles. The van der Waals surface area contributed by atoms with Crippen LogP contribution in [-0.4, -0.2) is 10.1 Å². The molecule has 0 radical (unpaired) electrons. The van der Waals surface area contributed by atoms with Gasteiger partial charge in [-0.25, -0.2) is 0 Å². The smallest absolute Gasteiger partial charge is 0.0846 e. The summed E-state index contributed by atoms with van der Waals surface area (Å²) in [7, 11) is 0.